The molecule has 20 heavy (non-hydrogen) atoms. The monoisotopic (exact) mass is 312 g/mol. The van der Waals surface area contributed by atoms with E-state index in [2.05, 4.69) is 10.1 Å². The fourth-order valence-electron chi connectivity index (χ4n) is 1.26. The number of carbonyl (C=O) groups excluding carboxylic acids is 1. The number of rotatable bonds is 5. The summed E-state index contributed by atoms with van der Waals surface area (Å²) in [5.74, 6) is -0.230. The van der Waals surface area contributed by atoms with Gasteiger partial charge in [0.25, 0.3) is 0 Å². The number of ether oxygens (including phenoxy) is 1. The lowest BCUT2D eigenvalue weighted by Crippen LogP contribution is -2.37. The summed E-state index contributed by atoms with van der Waals surface area (Å²) in [6.45, 7) is 0.379. The molecule has 0 fully saturated rings. The second-order valence-electron chi connectivity index (χ2n) is 4.06. The molecule has 0 aliphatic rings. The average molecular weight is 313 g/mol. The van der Waals surface area contributed by atoms with E-state index in [0.29, 0.717) is 5.56 Å². The fourth-order valence-corrected chi connectivity index (χ4v) is 1.26. The first-order valence-corrected chi connectivity index (χ1v) is 5.60. The second kappa shape index (κ2) is 7.96. The van der Waals surface area contributed by atoms with Gasteiger partial charge in [0, 0.05) is 6.54 Å². The van der Waals surface area contributed by atoms with Crippen LogP contribution in [0.4, 0.5) is 13.2 Å². The number of amides is 1. The van der Waals surface area contributed by atoms with E-state index in [1.165, 1.54) is 19.1 Å². The van der Waals surface area contributed by atoms with Gasteiger partial charge in [-0.25, -0.2) is 0 Å². The molecule has 1 atom stereocenters. The topological polar surface area (TPSA) is 64.4 Å². The molecule has 4 nitrogen and oxygen atoms in total. The second-order valence-corrected chi connectivity index (χ2v) is 4.06. The zero-order chi connectivity index (χ0) is 14.5. The van der Waals surface area contributed by atoms with E-state index in [9.17, 15) is 18.0 Å². The van der Waals surface area contributed by atoms with Crippen molar-refractivity contribution in [3.63, 3.8) is 0 Å². The summed E-state index contributed by atoms with van der Waals surface area (Å²) < 4.78 is 40.6. The quantitative estimate of drug-likeness (QED) is 0.874. The molecule has 0 saturated heterocycles. The van der Waals surface area contributed by atoms with E-state index in [1.54, 1.807) is 12.1 Å². The standard InChI is InChI=1S/C12H15F3N2O2.ClH/c1-8(16)11(18)17-6-9-3-2-4-10(5-9)19-7-12(13,14)15;/h2-5,8H,6-7,16H2,1H3,(H,17,18);1H. The summed E-state index contributed by atoms with van der Waals surface area (Å²) in [7, 11) is 0. The first-order valence-electron chi connectivity index (χ1n) is 5.60. The highest BCUT2D eigenvalue weighted by atomic mass is 35.5. The molecule has 1 aromatic carbocycles. The highest BCUT2D eigenvalue weighted by Gasteiger charge is 2.28. The van der Waals surface area contributed by atoms with Crippen molar-refractivity contribution in [1.29, 1.82) is 0 Å². The van der Waals surface area contributed by atoms with Crippen LogP contribution in [0.25, 0.3) is 0 Å². The first kappa shape index (κ1) is 18.5. The minimum absolute atomic E-state index is 0. The Kier molecular flexibility index (Phi) is 7.38. The Morgan fingerprint density at radius 2 is 2.10 bits per heavy atom. The number of halogens is 4. The number of hydrogen-bond donors (Lipinski definition) is 2. The Labute approximate surface area is 120 Å². The van der Waals surface area contributed by atoms with Crippen molar-refractivity contribution >= 4 is 18.3 Å². The van der Waals surface area contributed by atoms with E-state index in [1.807, 2.05) is 0 Å². The maximum absolute atomic E-state index is 12.0. The van der Waals surface area contributed by atoms with Crippen LogP contribution in [0.15, 0.2) is 24.3 Å². The molecule has 0 spiro atoms. The van der Waals surface area contributed by atoms with Gasteiger partial charge in [-0.05, 0) is 24.6 Å². The van der Waals surface area contributed by atoms with Gasteiger partial charge in [0.2, 0.25) is 5.91 Å². The molecular weight excluding hydrogens is 297 g/mol. The number of carbonyl (C=O) groups is 1. The Balaban J connectivity index is 0.00000361. The SMILES string of the molecule is CC(N)C(=O)NCc1cccc(OCC(F)(F)F)c1.Cl. The maximum Gasteiger partial charge on any atom is 0.422 e. The zero-order valence-electron chi connectivity index (χ0n) is 10.7. The third-order valence-electron chi connectivity index (χ3n) is 2.18. The molecule has 114 valence electrons. The molecule has 1 amide bonds. The number of nitrogens with one attached hydrogen (secondary N) is 1. The lowest BCUT2D eigenvalue weighted by atomic mass is 10.2. The van der Waals surface area contributed by atoms with E-state index in [-0.39, 0.29) is 30.6 Å². The van der Waals surface area contributed by atoms with Gasteiger partial charge < -0.3 is 15.8 Å². The zero-order valence-corrected chi connectivity index (χ0v) is 11.6. The van der Waals surface area contributed by atoms with Gasteiger partial charge in [0.05, 0.1) is 6.04 Å². The molecule has 0 aromatic heterocycles. The molecule has 0 heterocycles. The lowest BCUT2D eigenvalue weighted by molar-refractivity contribution is -0.153. The van der Waals surface area contributed by atoms with E-state index >= 15 is 0 Å². The molecule has 1 aromatic rings. The van der Waals surface area contributed by atoms with Crippen molar-refractivity contribution < 1.29 is 22.7 Å². The van der Waals surface area contributed by atoms with Gasteiger partial charge in [-0.2, -0.15) is 13.2 Å². The van der Waals surface area contributed by atoms with Crippen LogP contribution in [0.3, 0.4) is 0 Å². The minimum Gasteiger partial charge on any atom is -0.484 e. The molecule has 0 aliphatic carbocycles. The van der Waals surface area contributed by atoms with Crippen molar-refractivity contribution in [3.05, 3.63) is 29.8 Å². The fraction of sp³-hybridized carbons (Fsp3) is 0.417. The summed E-state index contributed by atoms with van der Waals surface area (Å²) in [5.41, 5.74) is 6.00. The van der Waals surface area contributed by atoms with E-state index < -0.39 is 18.8 Å². The van der Waals surface area contributed by atoms with Gasteiger partial charge in [0.1, 0.15) is 5.75 Å². The van der Waals surface area contributed by atoms with Crippen molar-refractivity contribution in [2.45, 2.75) is 25.7 Å². The Morgan fingerprint density at radius 1 is 1.45 bits per heavy atom. The molecule has 0 aliphatic heterocycles. The molecular formula is C12H16ClF3N2O2. The van der Waals surface area contributed by atoms with Crippen molar-refractivity contribution in [1.82, 2.24) is 5.32 Å². The van der Waals surface area contributed by atoms with Crippen LogP contribution >= 0.6 is 12.4 Å². The third kappa shape index (κ3) is 7.20. The van der Waals surface area contributed by atoms with Crippen LogP contribution in [-0.2, 0) is 11.3 Å². The largest absolute Gasteiger partial charge is 0.484 e. The number of nitrogens with two attached hydrogens (primary N) is 1. The van der Waals surface area contributed by atoms with Crippen molar-refractivity contribution in [2.24, 2.45) is 5.73 Å². The molecule has 0 radical (unpaired) electrons. The minimum atomic E-state index is -4.38. The summed E-state index contributed by atoms with van der Waals surface area (Å²) >= 11 is 0. The predicted octanol–water partition coefficient (Wildman–Crippen LogP) is 2.01. The van der Waals surface area contributed by atoms with Crippen LogP contribution in [0, 0.1) is 0 Å². The smallest absolute Gasteiger partial charge is 0.422 e. The van der Waals surface area contributed by atoms with Crippen molar-refractivity contribution in [2.75, 3.05) is 6.61 Å². The van der Waals surface area contributed by atoms with Crippen LogP contribution in [0.5, 0.6) is 5.75 Å². The summed E-state index contributed by atoms with van der Waals surface area (Å²) in [5, 5.41) is 2.56. The highest BCUT2D eigenvalue weighted by Crippen LogP contribution is 2.19. The molecule has 0 saturated carbocycles. The number of alkyl halides is 3. The van der Waals surface area contributed by atoms with Gasteiger partial charge in [-0.15, -0.1) is 12.4 Å². The van der Waals surface area contributed by atoms with E-state index in [0.717, 1.165) is 0 Å². The van der Waals surface area contributed by atoms with Crippen LogP contribution in [-0.4, -0.2) is 24.7 Å². The van der Waals surface area contributed by atoms with Crippen LogP contribution in [0.2, 0.25) is 0 Å². The molecule has 1 rings (SSSR count). The van der Waals surface area contributed by atoms with Gasteiger partial charge in [-0.1, -0.05) is 12.1 Å². The molecule has 3 N–H and O–H groups in total. The Morgan fingerprint density at radius 3 is 2.65 bits per heavy atom. The highest BCUT2D eigenvalue weighted by molar-refractivity contribution is 5.85. The normalized spacial score (nSPS) is 12.2. The Bertz CT molecular complexity index is 439. The molecule has 0 bridgehead atoms. The Hall–Kier alpha value is -1.47. The maximum atomic E-state index is 12.0. The first-order chi connectivity index (χ1) is 8.78. The molecule has 1 unspecified atom stereocenters. The van der Waals surface area contributed by atoms with Crippen molar-refractivity contribution in [3.8, 4) is 5.75 Å². The summed E-state index contributed by atoms with van der Waals surface area (Å²) in [4.78, 5) is 11.2. The van der Waals surface area contributed by atoms with Crippen LogP contribution < -0.4 is 15.8 Å². The van der Waals surface area contributed by atoms with Gasteiger partial charge in [0.15, 0.2) is 6.61 Å². The lowest BCUT2D eigenvalue weighted by Gasteiger charge is -2.11. The number of hydrogen-bond acceptors (Lipinski definition) is 3. The van der Waals surface area contributed by atoms with Gasteiger partial charge >= 0.3 is 6.18 Å². The van der Waals surface area contributed by atoms with Gasteiger partial charge in [-0.3, -0.25) is 4.79 Å². The third-order valence-corrected chi connectivity index (χ3v) is 2.18. The molecule has 8 heteroatoms. The van der Waals surface area contributed by atoms with E-state index in [4.69, 9.17) is 5.73 Å². The average Bonchev–Trinajstić information content (AvgIpc) is 2.33. The number of benzene rings is 1. The predicted molar refractivity (Wildman–Crippen MR) is 70.7 cm³/mol. The summed E-state index contributed by atoms with van der Waals surface area (Å²) in [6, 6.07) is 5.45. The van der Waals surface area contributed by atoms with Crippen LogP contribution in [0.1, 0.15) is 12.5 Å². The summed E-state index contributed by atoms with van der Waals surface area (Å²) in [6.07, 6.45) is -4.38.